The van der Waals surface area contributed by atoms with Gasteiger partial charge in [0.15, 0.2) is 0 Å². The maximum absolute atomic E-state index is 6.25. The summed E-state index contributed by atoms with van der Waals surface area (Å²) in [5, 5.41) is 0. The highest BCUT2D eigenvalue weighted by Crippen LogP contribution is 2.40. The summed E-state index contributed by atoms with van der Waals surface area (Å²) in [5.74, 6) is 1.85. The van der Waals surface area contributed by atoms with E-state index in [1.807, 2.05) is 6.92 Å². The summed E-state index contributed by atoms with van der Waals surface area (Å²) in [5.41, 5.74) is 9.64. The molecule has 0 bridgehead atoms. The van der Waals surface area contributed by atoms with E-state index in [4.69, 9.17) is 5.73 Å². The first-order valence-corrected chi connectivity index (χ1v) is 6.64. The summed E-state index contributed by atoms with van der Waals surface area (Å²) >= 11 is 0. The second-order valence-corrected chi connectivity index (χ2v) is 5.04. The van der Waals surface area contributed by atoms with Crippen molar-refractivity contribution in [3.8, 4) is 11.3 Å². The third-order valence-corrected chi connectivity index (χ3v) is 3.67. The first kappa shape index (κ1) is 11.3. The molecule has 94 valence electrons. The first-order chi connectivity index (χ1) is 8.70. The number of imidazole rings is 1. The lowest BCUT2D eigenvalue weighted by molar-refractivity contribution is 0.720. The largest absolute Gasteiger partial charge is 0.383 e. The minimum atomic E-state index is 0.584. The van der Waals surface area contributed by atoms with Gasteiger partial charge in [-0.2, -0.15) is 0 Å². The summed E-state index contributed by atoms with van der Waals surface area (Å²) in [4.78, 5) is 4.64. The van der Waals surface area contributed by atoms with Gasteiger partial charge in [0.05, 0.1) is 0 Å². The van der Waals surface area contributed by atoms with Crippen LogP contribution >= 0.6 is 0 Å². The number of aryl methyl sites for hydroxylation is 2. The number of nitrogens with two attached hydrogens (primary N) is 1. The molecule has 0 amide bonds. The van der Waals surface area contributed by atoms with Crippen LogP contribution in [0.15, 0.2) is 24.3 Å². The van der Waals surface area contributed by atoms with E-state index >= 15 is 0 Å². The molecule has 0 atom stereocenters. The predicted molar refractivity (Wildman–Crippen MR) is 74.5 cm³/mol. The average molecular weight is 241 g/mol. The Balaban J connectivity index is 2.02. The van der Waals surface area contributed by atoms with Crippen molar-refractivity contribution in [1.29, 1.82) is 0 Å². The zero-order valence-electron chi connectivity index (χ0n) is 11.0. The Bertz CT molecular complexity index is 562. The van der Waals surface area contributed by atoms with E-state index in [0.717, 1.165) is 29.3 Å². The Morgan fingerprint density at radius 1 is 1.28 bits per heavy atom. The lowest BCUT2D eigenvalue weighted by Crippen LogP contribution is -2.02. The van der Waals surface area contributed by atoms with Crippen LogP contribution in [0.1, 0.15) is 37.2 Å². The van der Waals surface area contributed by atoms with Gasteiger partial charge in [-0.15, -0.1) is 0 Å². The molecule has 1 aromatic carbocycles. The van der Waals surface area contributed by atoms with Gasteiger partial charge in [0.2, 0.25) is 0 Å². The molecule has 1 heterocycles. The lowest BCUT2D eigenvalue weighted by atomic mass is 10.1. The number of nitrogen functional groups attached to an aromatic ring is 1. The molecule has 2 N–H and O–H groups in total. The van der Waals surface area contributed by atoms with Gasteiger partial charge in [-0.3, -0.25) is 0 Å². The highest BCUT2D eigenvalue weighted by molar-refractivity contribution is 5.71. The Hall–Kier alpha value is -1.77. The zero-order chi connectivity index (χ0) is 12.7. The first-order valence-electron chi connectivity index (χ1n) is 6.64. The molecule has 3 heteroatoms. The fourth-order valence-corrected chi connectivity index (χ4v) is 2.47. The van der Waals surface area contributed by atoms with Crippen LogP contribution in [0, 0.1) is 6.92 Å². The number of hydrogen-bond acceptors (Lipinski definition) is 2. The molecule has 1 saturated carbocycles. The molecule has 0 unspecified atom stereocenters. The van der Waals surface area contributed by atoms with Gasteiger partial charge < -0.3 is 10.3 Å². The Morgan fingerprint density at radius 3 is 2.50 bits per heavy atom. The van der Waals surface area contributed by atoms with Gasteiger partial charge >= 0.3 is 0 Å². The summed E-state index contributed by atoms with van der Waals surface area (Å²) in [6.45, 7) is 4.20. The number of aromatic nitrogens is 2. The molecule has 3 nitrogen and oxygen atoms in total. The van der Waals surface area contributed by atoms with Crippen LogP contribution < -0.4 is 5.73 Å². The van der Waals surface area contributed by atoms with Crippen LogP contribution in [0.4, 0.5) is 5.82 Å². The standard InChI is InChI=1S/C15H19N3/c1-3-11-4-6-12(7-5-11)14-15(16)18(10(2)17-14)13-8-9-13/h4-7,13H,3,8-9,16H2,1-2H3. The van der Waals surface area contributed by atoms with Gasteiger partial charge in [-0.1, -0.05) is 31.2 Å². The molecule has 3 rings (SSSR count). The molecule has 0 saturated heterocycles. The monoisotopic (exact) mass is 241 g/mol. The fourth-order valence-electron chi connectivity index (χ4n) is 2.47. The lowest BCUT2D eigenvalue weighted by Gasteiger charge is -2.05. The van der Waals surface area contributed by atoms with Crippen LogP contribution in [0.3, 0.4) is 0 Å². The van der Waals surface area contributed by atoms with Crippen molar-refractivity contribution >= 4 is 5.82 Å². The summed E-state index contributed by atoms with van der Waals surface area (Å²) in [6.07, 6.45) is 3.52. The average Bonchev–Trinajstić information content (AvgIpc) is 3.16. The highest BCUT2D eigenvalue weighted by Gasteiger charge is 2.28. The molecule has 1 aliphatic rings. The van der Waals surface area contributed by atoms with Gasteiger partial charge in [0, 0.05) is 11.6 Å². The van der Waals surface area contributed by atoms with E-state index < -0.39 is 0 Å². The van der Waals surface area contributed by atoms with Crippen LogP contribution in [0.25, 0.3) is 11.3 Å². The van der Waals surface area contributed by atoms with Crippen molar-refractivity contribution < 1.29 is 0 Å². The maximum Gasteiger partial charge on any atom is 0.131 e. The number of rotatable bonds is 3. The van der Waals surface area contributed by atoms with Crippen molar-refractivity contribution in [2.75, 3.05) is 5.73 Å². The van der Waals surface area contributed by atoms with Crippen molar-refractivity contribution in [1.82, 2.24) is 9.55 Å². The van der Waals surface area contributed by atoms with Crippen molar-refractivity contribution in [2.45, 2.75) is 39.2 Å². The minimum absolute atomic E-state index is 0.584. The van der Waals surface area contributed by atoms with E-state index in [-0.39, 0.29) is 0 Å². The second kappa shape index (κ2) is 4.16. The molecule has 0 aliphatic heterocycles. The smallest absolute Gasteiger partial charge is 0.131 e. The third kappa shape index (κ3) is 1.80. The molecular weight excluding hydrogens is 222 g/mol. The maximum atomic E-state index is 6.25. The van der Waals surface area contributed by atoms with Crippen molar-refractivity contribution in [3.63, 3.8) is 0 Å². The van der Waals surface area contributed by atoms with E-state index in [2.05, 4.69) is 40.7 Å². The molecule has 18 heavy (non-hydrogen) atoms. The quantitative estimate of drug-likeness (QED) is 0.895. The number of anilines is 1. The Kier molecular flexibility index (Phi) is 2.62. The molecule has 1 fully saturated rings. The minimum Gasteiger partial charge on any atom is -0.383 e. The van der Waals surface area contributed by atoms with Gasteiger partial charge in [-0.25, -0.2) is 4.98 Å². The molecule has 1 aliphatic carbocycles. The van der Waals surface area contributed by atoms with E-state index in [9.17, 15) is 0 Å². The van der Waals surface area contributed by atoms with Crippen LogP contribution in [0.2, 0.25) is 0 Å². The summed E-state index contributed by atoms with van der Waals surface area (Å²) < 4.78 is 2.18. The Morgan fingerprint density at radius 2 is 1.94 bits per heavy atom. The Labute approximate surface area is 108 Å². The van der Waals surface area contributed by atoms with E-state index in [0.29, 0.717) is 6.04 Å². The van der Waals surface area contributed by atoms with Gasteiger partial charge in [-0.05, 0) is 31.7 Å². The van der Waals surface area contributed by atoms with E-state index in [1.165, 1.54) is 18.4 Å². The third-order valence-electron chi connectivity index (χ3n) is 3.67. The van der Waals surface area contributed by atoms with Gasteiger partial charge in [0.1, 0.15) is 17.3 Å². The summed E-state index contributed by atoms with van der Waals surface area (Å²) in [7, 11) is 0. The van der Waals surface area contributed by atoms with Crippen LogP contribution in [0.5, 0.6) is 0 Å². The highest BCUT2D eigenvalue weighted by atomic mass is 15.2. The molecule has 2 aromatic rings. The molecular formula is C15H19N3. The van der Waals surface area contributed by atoms with Crippen LogP contribution in [-0.4, -0.2) is 9.55 Å². The second-order valence-electron chi connectivity index (χ2n) is 5.04. The van der Waals surface area contributed by atoms with Crippen molar-refractivity contribution in [3.05, 3.63) is 35.7 Å². The van der Waals surface area contributed by atoms with E-state index in [1.54, 1.807) is 0 Å². The summed E-state index contributed by atoms with van der Waals surface area (Å²) in [6, 6.07) is 9.13. The molecule has 0 spiro atoms. The molecule has 0 radical (unpaired) electrons. The zero-order valence-corrected chi connectivity index (χ0v) is 11.0. The topological polar surface area (TPSA) is 43.8 Å². The van der Waals surface area contributed by atoms with Gasteiger partial charge in [0.25, 0.3) is 0 Å². The van der Waals surface area contributed by atoms with Crippen LogP contribution in [-0.2, 0) is 6.42 Å². The number of nitrogens with zero attached hydrogens (tertiary/aromatic N) is 2. The molecule has 1 aromatic heterocycles. The normalized spacial score (nSPS) is 15.0. The van der Waals surface area contributed by atoms with Crippen molar-refractivity contribution in [2.24, 2.45) is 0 Å². The fraction of sp³-hybridized carbons (Fsp3) is 0.400. The SMILES string of the molecule is CCc1ccc(-c2nc(C)n(C3CC3)c2N)cc1. The predicted octanol–water partition coefficient (Wildman–Crippen LogP) is 3.34. The number of benzene rings is 1. The number of hydrogen-bond donors (Lipinski definition) is 1.